The van der Waals surface area contributed by atoms with E-state index in [1.807, 2.05) is 23.2 Å². The number of hydrogen-bond acceptors (Lipinski definition) is 4. The van der Waals surface area contributed by atoms with Crippen molar-refractivity contribution in [3.63, 3.8) is 0 Å². The van der Waals surface area contributed by atoms with Gasteiger partial charge in [0.2, 0.25) is 0 Å². The molecule has 6 heteroatoms. The van der Waals surface area contributed by atoms with E-state index in [4.69, 9.17) is 0 Å². The van der Waals surface area contributed by atoms with Gasteiger partial charge in [-0.05, 0) is 51.4 Å². The second-order valence-corrected chi connectivity index (χ2v) is 7.16. The number of fused-ring (bicyclic) bond motifs is 1. The van der Waals surface area contributed by atoms with Crippen molar-refractivity contribution in [2.24, 2.45) is 5.41 Å². The minimum atomic E-state index is 0.0934. The fourth-order valence-electron chi connectivity index (χ4n) is 4.36. The molecule has 2 saturated heterocycles. The molecule has 0 N–H and O–H groups in total. The third kappa shape index (κ3) is 2.61. The number of carbonyl (C=O) groups excluding carboxylic acids is 1. The van der Waals surface area contributed by atoms with Gasteiger partial charge < -0.3 is 9.80 Å². The summed E-state index contributed by atoms with van der Waals surface area (Å²) in [6.45, 7) is 3.99. The van der Waals surface area contributed by atoms with E-state index in [9.17, 15) is 4.79 Å². The molecule has 2 fully saturated rings. The van der Waals surface area contributed by atoms with Crippen molar-refractivity contribution in [3.05, 3.63) is 30.2 Å². The molecule has 2 aliphatic rings. The van der Waals surface area contributed by atoms with Crippen LogP contribution in [-0.2, 0) is 0 Å². The van der Waals surface area contributed by atoms with Crippen molar-refractivity contribution >= 4 is 11.6 Å². The molecule has 2 aromatic heterocycles. The predicted octanol–water partition coefficient (Wildman–Crippen LogP) is 1.68. The highest BCUT2D eigenvalue weighted by molar-refractivity contribution is 5.99. The van der Waals surface area contributed by atoms with Gasteiger partial charge in [-0.1, -0.05) is 0 Å². The topological polar surface area (TPSA) is 53.7 Å². The van der Waals surface area contributed by atoms with Crippen molar-refractivity contribution in [3.8, 4) is 0 Å². The van der Waals surface area contributed by atoms with E-state index in [0.29, 0.717) is 11.2 Å². The molecule has 0 radical (unpaired) electrons. The fraction of sp³-hybridized carbons (Fsp3) is 0.588. The molecule has 0 unspecified atom stereocenters. The quantitative estimate of drug-likeness (QED) is 0.804. The van der Waals surface area contributed by atoms with Gasteiger partial charge in [0.05, 0.1) is 5.56 Å². The molecular weight excluding hydrogens is 290 g/mol. The number of nitrogens with zero attached hydrogens (tertiary/aromatic N) is 5. The maximum absolute atomic E-state index is 13.1. The zero-order valence-electron chi connectivity index (χ0n) is 13.6. The van der Waals surface area contributed by atoms with Crippen molar-refractivity contribution < 1.29 is 4.79 Å². The Morgan fingerprint density at radius 3 is 2.87 bits per heavy atom. The molecule has 1 spiro atoms. The molecule has 6 nitrogen and oxygen atoms in total. The van der Waals surface area contributed by atoms with Gasteiger partial charge in [-0.15, -0.1) is 10.2 Å². The van der Waals surface area contributed by atoms with Crippen LogP contribution in [-0.4, -0.2) is 63.5 Å². The van der Waals surface area contributed by atoms with E-state index in [1.165, 1.54) is 25.8 Å². The molecule has 0 aromatic carbocycles. The van der Waals surface area contributed by atoms with Gasteiger partial charge in [-0.2, -0.15) is 0 Å². The van der Waals surface area contributed by atoms with Gasteiger partial charge in [-0.3, -0.25) is 9.20 Å². The standard InChI is InChI=1S/C17H23N5O/c1-20-8-3-6-17(11-20)7-4-10-21(12-17)16(23)14-5-2-9-22-13-18-19-15(14)22/h2,5,9,13H,3-4,6-8,10-12H2,1H3/t17-/m1/s1. The van der Waals surface area contributed by atoms with E-state index in [0.717, 1.165) is 26.1 Å². The lowest BCUT2D eigenvalue weighted by molar-refractivity contribution is 0.0207. The summed E-state index contributed by atoms with van der Waals surface area (Å²) in [7, 11) is 2.19. The summed E-state index contributed by atoms with van der Waals surface area (Å²) in [4.78, 5) is 17.5. The van der Waals surface area contributed by atoms with E-state index in [2.05, 4.69) is 22.1 Å². The second kappa shape index (κ2) is 5.60. The van der Waals surface area contributed by atoms with Crippen LogP contribution in [0.1, 0.15) is 36.0 Å². The van der Waals surface area contributed by atoms with Crippen LogP contribution < -0.4 is 0 Å². The third-order valence-electron chi connectivity index (χ3n) is 5.35. The zero-order chi connectivity index (χ0) is 15.9. The van der Waals surface area contributed by atoms with Crippen molar-refractivity contribution in [2.75, 3.05) is 33.2 Å². The number of piperidine rings is 2. The number of pyridine rings is 1. The lowest BCUT2D eigenvalue weighted by Crippen LogP contribution is -2.52. The second-order valence-electron chi connectivity index (χ2n) is 7.16. The molecule has 1 amide bonds. The first kappa shape index (κ1) is 14.6. The zero-order valence-corrected chi connectivity index (χ0v) is 13.6. The van der Waals surface area contributed by atoms with Crippen molar-refractivity contribution in [1.29, 1.82) is 0 Å². The van der Waals surface area contributed by atoms with Crippen molar-refractivity contribution in [1.82, 2.24) is 24.4 Å². The number of rotatable bonds is 1. The monoisotopic (exact) mass is 313 g/mol. The molecule has 122 valence electrons. The SMILES string of the molecule is CN1CCC[C@@]2(CCCN(C(=O)c3cccn4cnnc34)C2)C1. The number of amides is 1. The first-order valence-electron chi connectivity index (χ1n) is 8.43. The molecule has 0 bridgehead atoms. The van der Waals surface area contributed by atoms with Gasteiger partial charge >= 0.3 is 0 Å². The molecule has 1 atom stereocenters. The van der Waals surface area contributed by atoms with Gasteiger partial charge in [0.1, 0.15) is 6.33 Å². The highest BCUT2D eigenvalue weighted by Gasteiger charge is 2.40. The minimum Gasteiger partial charge on any atom is -0.338 e. The van der Waals surface area contributed by atoms with Gasteiger partial charge in [0, 0.05) is 31.2 Å². The van der Waals surface area contributed by atoms with Crippen LogP contribution in [0.15, 0.2) is 24.7 Å². The summed E-state index contributed by atoms with van der Waals surface area (Å²) in [6, 6.07) is 3.75. The molecule has 0 aliphatic carbocycles. The lowest BCUT2D eigenvalue weighted by atomic mass is 9.74. The Hall–Kier alpha value is -1.95. The molecular formula is C17H23N5O. The van der Waals surface area contributed by atoms with Crippen LogP contribution in [0.25, 0.3) is 5.65 Å². The summed E-state index contributed by atoms with van der Waals surface area (Å²) >= 11 is 0. The van der Waals surface area contributed by atoms with Crippen LogP contribution in [0.5, 0.6) is 0 Å². The molecule has 23 heavy (non-hydrogen) atoms. The number of aromatic nitrogens is 3. The summed E-state index contributed by atoms with van der Waals surface area (Å²) in [6.07, 6.45) is 8.31. The Kier molecular flexibility index (Phi) is 3.56. The third-order valence-corrected chi connectivity index (χ3v) is 5.35. The normalized spacial score (nSPS) is 26.0. The number of likely N-dealkylation sites (tertiary alicyclic amines) is 2. The van der Waals surface area contributed by atoms with Crippen LogP contribution >= 0.6 is 0 Å². The van der Waals surface area contributed by atoms with E-state index >= 15 is 0 Å². The maximum atomic E-state index is 13.1. The molecule has 0 saturated carbocycles. The summed E-state index contributed by atoms with van der Waals surface area (Å²) in [5, 5.41) is 8.03. The number of carbonyl (C=O) groups is 1. The largest absolute Gasteiger partial charge is 0.338 e. The van der Waals surface area contributed by atoms with Gasteiger partial charge in [0.25, 0.3) is 5.91 Å². The van der Waals surface area contributed by atoms with Crippen LogP contribution in [0.3, 0.4) is 0 Å². The van der Waals surface area contributed by atoms with E-state index in [-0.39, 0.29) is 11.3 Å². The maximum Gasteiger partial charge on any atom is 0.257 e. The first-order chi connectivity index (χ1) is 11.2. The Bertz CT molecular complexity index is 723. The highest BCUT2D eigenvalue weighted by atomic mass is 16.2. The lowest BCUT2D eigenvalue weighted by Gasteiger charge is -2.47. The molecule has 2 aliphatic heterocycles. The predicted molar refractivity (Wildman–Crippen MR) is 87.3 cm³/mol. The molecule has 4 rings (SSSR count). The van der Waals surface area contributed by atoms with E-state index < -0.39 is 0 Å². The van der Waals surface area contributed by atoms with Crippen molar-refractivity contribution in [2.45, 2.75) is 25.7 Å². The summed E-state index contributed by atoms with van der Waals surface area (Å²) < 4.78 is 1.81. The number of hydrogen-bond donors (Lipinski definition) is 0. The highest BCUT2D eigenvalue weighted by Crippen LogP contribution is 2.38. The first-order valence-corrected chi connectivity index (χ1v) is 8.43. The van der Waals surface area contributed by atoms with Gasteiger partial charge in [-0.25, -0.2) is 0 Å². The summed E-state index contributed by atoms with van der Waals surface area (Å²) in [5.74, 6) is 0.0934. The fourth-order valence-corrected chi connectivity index (χ4v) is 4.36. The van der Waals surface area contributed by atoms with Crippen LogP contribution in [0.2, 0.25) is 0 Å². The smallest absolute Gasteiger partial charge is 0.257 e. The Balaban J connectivity index is 1.60. The Morgan fingerprint density at radius 1 is 1.22 bits per heavy atom. The van der Waals surface area contributed by atoms with Crippen LogP contribution in [0.4, 0.5) is 0 Å². The average Bonchev–Trinajstić information content (AvgIpc) is 3.02. The minimum absolute atomic E-state index is 0.0934. The Labute approximate surface area is 136 Å². The van der Waals surface area contributed by atoms with Crippen LogP contribution in [0, 0.1) is 5.41 Å². The summed E-state index contributed by atoms with van der Waals surface area (Å²) in [5.41, 5.74) is 1.59. The molecule has 2 aromatic rings. The van der Waals surface area contributed by atoms with E-state index in [1.54, 1.807) is 10.7 Å². The average molecular weight is 313 g/mol. The Morgan fingerprint density at radius 2 is 2.04 bits per heavy atom. The van der Waals surface area contributed by atoms with Gasteiger partial charge in [0.15, 0.2) is 5.65 Å². The molecule has 4 heterocycles.